The lowest BCUT2D eigenvalue weighted by Crippen LogP contribution is -1.91. The SMILES string of the molecule is Fc1cc(Br)cc(Oc2ncccc2F)c1. The van der Waals surface area contributed by atoms with Crippen LogP contribution in [0.1, 0.15) is 0 Å². The molecule has 0 saturated heterocycles. The normalized spacial score (nSPS) is 10.2. The molecule has 82 valence electrons. The highest BCUT2D eigenvalue weighted by Crippen LogP contribution is 2.25. The summed E-state index contributed by atoms with van der Waals surface area (Å²) in [5, 5.41) is 0. The summed E-state index contributed by atoms with van der Waals surface area (Å²) in [6.45, 7) is 0. The van der Waals surface area contributed by atoms with Crippen LogP contribution in [-0.4, -0.2) is 4.98 Å². The number of nitrogens with zero attached hydrogens (tertiary/aromatic N) is 1. The number of ether oxygens (including phenoxy) is 1. The van der Waals surface area contributed by atoms with E-state index in [1.165, 1.54) is 30.5 Å². The third kappa shape index (κ3) is 2.55. The Hall–Kier alpha value is -1.49. The molecule has 0 spiro atoms. The van der Waals surface area contributed by atoms with Crippen molar-refractivity contribution in [2.45, 2.75) is 0 Å². The van der Waals surface area contributed by atoms with Crippen LogP contribution in [0.15, 0.2) is 41.0 Å². The van der Waals surface area contributed by atoms with E-state index in [1.54, 1.807) is 0 Å². The van der Waals surface area contributed by atoms with Gasteiger partial charge >= 0.3 is 0 Å². The van der Waals surface area contributed by atoms with E-state index < -0.39 is 11.6 Å². The summed E-state index contributed by atoms with van der Waals surface area (Å²) in [5.41, 5.74) is 0. The van der Waals surface area contributed by atoms with Crippen LogP contribution in [0.4, 0.5) is 8.78 Å². The van der Waals surface area contributed by atoms with Crippen LogP contribution in [0.3, 0.4) is 0 Å². The maximum atomic E-state index is 13.2. The average molecular weight is 286 g/mol. The van der Waals surface area contributed by atoms with Gasteiger partial charge in [0.2, 0.25) is 0 Å². The van der Waals surface area contributed by atoms with Crippen molar-refractivity contribution < 1.29 is 13.5 Å². The van der Waals surface area contributed by atoms with Gasteiger partial charge in [0.15, 0.2) is 5.82 Å². The number of hydrogen-bond acceptors (Lipinski definition) is 2. The second-order valence-electron chi connectivity index (χ2n) is 3.00. The molecular formula is C11H6BrF2NO. The molecule has 0 fully saturated rings. The van der Waals surface area contributed by atoms with Crippen molar-refractivity contribution in [3.05, 3.63) is 52.6 Å². The highest BCUT2D eigenvalue weighted by Gasteiger charge is 2.06. The van der Waals surface area contributed by atoms with E-state index in [4.69, 9.17) is 4.74 Å². The molecule has 0 unspecified atom stereocenters. The maximum Gasteiger partial charge on any atom is 0.255 e. The number of aromatic nitrogens is 1. The van der Waals surface area contributed by atoms with Crippen molar-refractivity contribution in [1.82, 2.24) is 4.98 Å². The number of rotatable bonds is 2. The molecule has 1 heterocycles. The molecular weight excluding hydrogens is 280 g/mol. The summed E-state index contributed by atoms with van der Waals surface area (Å²) in [7, 11) is 0. The number of hydrogen-bond donors (Lipinski definition) is 0. The van der Waals surface area contributed by atoms with E-state index in [9.17, 15) is 8.78 Å². The zero-order chi connectivity index (χ0) is 11.5. The molecule has 2 rings (SSSR count). The summed E-state index contributed by atoms with van der Waals surface area (Å²) in [6.07, 6.45) is 1.40. The van der Waals surface area contributed by atoms with Gasteiger partial charge in [0, 0.05) is 16.7 Å². The Kier molecular flexibility index (Phi) is 3.14. The molecule has 1 aromatic carbocycles. The molecule has 5 heteroatoms. The van der Waals surface area contributed by atoms with Crippen molar-refractivity contribution in [3.8, 4) is 11.6 Å². The minimum absolute atomic E-state index is 0.181. The molecule has 0 saturated carbocycles. The van der Waals surface area contributed by atoms with Crippen molar-refractivity contribution >= 4 is 15.9 Å². The number of pyridine rings is 1. The van der Waals surface area contributed by atoms with Crippen LogP contribution in [0, 0.1) is 11.6 Å². The van der Waals surface area contributed by atoms with Gasteiger partial charge in [-0.3, -0.25) is 0 Å². The van der Waals surface area contributed by atoms with Gasteiger partial charge in [-0.05, 0) is 24.3 Å². The molecule has 0 aliphatic heterocycles. The summed E-state index contributed by atoms with van der Waals surface area (Å²) >= 11 is 3.11. The summed E-state index contributed by atoms with van der Waals surface area (Å²) in [5.74, 6) is -1.06. The Bertz CT molecular complexity index is 499. The smallest absolute Gasteiger partial charge is 0.255 e. The largest absolute Gasteiger partial charge is 0.436 e. The first kappa shape index (κ1) is 11.0. The molecule has 0 aliphatic carbocycles. The van der Waals surface area contributed by atoms with Gasteiger partial charge in [-0.1, -0.05) is 15.9 Å². The molecule has 2 nitrogen and oxygen atoms in total. The number of benzene rings is 1. The molecule has 0 radical (unpaired) electrons. The van der Waals surface area contributed by atoms with Crippen molar-refractivity contribution in [2.75, 3.05) is 0 Å². The Labute approximate surface area is 99.0 Å². The lowest BCUT2D eigenvalue weighted by molar-refractivity contribution is 0.419. The van der Waals surface area contributed by atoms with Gasteiger partial charge in [0.25, 0.3) is 5.88 Å². The Morgan fingerprint density at radius 3 is 2.69 bits per heavy atom. The first-order chi connectivity index (χ1) is 7.65. The van der Waals surface area contributed by atoms with Gasteiger partial charge < -0.3 is 4.74 Å². The quantitative estimate of drug-likeness (QED) is 0.835. The first-order valence-electron chi connectivity index (χ1n) is 4.39. The molecule has 0 amide bonds. The van der Waals surface area contributed by atoms with E-state index in [1.807, 2.05) is 0 Å². The fraction of sp³-hybridized carbons (Fsp3) is 0. The van der Waals surface area contributed by atoms with Gasteiger partial charge in [0.05, 0.1) is 0 Å². The average Bonchev–Trinajstić information content (AvgIpc) is 2.20. The van der Waals surface area contributed by atoms with Crippen LogP contribution in [0.2, 0.25) is 0 Å². The summed E-state index contributed by atoms with van der Waals surface area (Å²) in [4.78, 5) is 3.70. The fourth-order valence-corrected chi connectivity index (χ4v) is 1.59. The van der Waals surface area contributed by atoms with Gasteiger partial charge in [-0.2, -0.15) is 0 Å². The van der Waals surface area contributed by atoms with Crippen LogP contribution in [0.25, 0.3) is 0 Å². The van der Waals surface area contributed by atoms with E-state index in [0.29, 0.717) is 4.47 Å². The third-order valence-corrected chi connectivity index (χ3v) is 2.23. The first-order valence-corrected chi connectivity index (χ1v) is 5.19. The standard InChI is InChI=1S/C11H6BrF2NO/c12-7-4-8(13)6-9(5-7)16-11-10(14)2-1-3-15-11/h1-6H. The van der Waals surface area contributed by atoms with E-state index in [0.717, 1.165) is 6.07 Å². The molecule has 1 aromatic heterocycles. The topological polar surface area (TPSA) is 22.1 Å². The van der Waals surface area contributed by atoms with Gasteiger partial charge in [0.1, 0.15) is 11.6 Å². The van der Waals surface area contributed by atoms with Gasteiger partial charge in [-0.25, -0.2) is 13.8 Å². The number of halogens is 3. The Morgan fingerprint density at radius 2 is 2.00 bits per heavy atom. The molecule has 0 bridgehead atoms. The fourth-order valence-electron chi connectivity index (χ4n) is 1.15. The molecule has 16 heavy (non-hydrogen) atoms. The van der Waals surface area contributed by atoms with Crippen LogP contribution < -0.4 is 4.74 Å². The van der Waals surface area contributed by atoms with Crippen molar-refractivity contribution in [2.24, 2.45) is 0 Å². The van der Waals surface area contributed by atoms with Crippen LogP contribution in [-0.2, 0) is 0 Å². The van der Waals surface area contributed by atoms with Gasteiger partial charge in [-0.15, -0.1) is 0 Å². The predicted octanol–water partition coefficient (Wildman–Crippen LogP) is 3.91. The Morgan fingerprint density at radius 1 is 1.19 bits per heavy atom. The van der Waals surface area contributed by atoms with Crippen LogP contribution in [0.5, 0.6) is 11.6 Å². The minimum Gasteiger partial charge on any atom is -0.436 e. The zero-order valence-corrected chi connectivity index (χ0v) is 9.54. The highest BCUT2D eigenvalue weighted by molar-refractivity contribution is 9.10. The predicted molar refractivity (Wildman–Crippen MR) is 58.4 cm³/mol. The molecule has 0 atom stereocenters. The van der Waals surface area contributed by atoms with E-state index in [-0.39, 0.29) is 11.6 Å². The highest BCUT2D eigenvalue weighted by atomic mass is 79.9. The van der Waals surface area contributed by atoms with Crippen molar-refractivity contribution in [3.63, 3.8) is 0 Å². The lowest BCUT2D eigenvalue weighted by atomic mass is 10.3. The third-order valence-electron chi connectivity index (χ3n) is 1.78. The zero-order valence-electron chi connectivity index (χ0n) is 7.95. The summed E-state index contributed by atoms with van der Waals surface area (Å²) in [6, 6.07) is 6.62. The van der Waals surface area contributed by atoms with Crippen LogP contribution >= 0.6 is 15.9 Å². The maximum absolute atomic E-state index is 13.2. The van der Waals surface area contributed by atoms with Crippen molar-refractivity contribution in [1.29, 1.82) is 0 Å². The molecule has 0 N–H and O–H groups in total. The second kappa shape index (κ2) is 4.57. The second-order valence-corrected chi connectivity index (χ2v) is 3.91. The molecule has 2 aromatic rings. The van der Waals surface area contributed by atoms with E-state index in [2.05, 4.69) is 20.9 Å². The van der Waals surface area contributed by atoms with E-state index >= 15 is 0 Å². The Balaban J connectivity index is 2.30. The minimum atomic E-state index is -0.595. The lowest BCUT2D eigenvalue weighted by Gasteiger charge is -2.05. The summed E-state index contributed by atoms with van der Waals surface area (Å²) < 4.78 is 31.8. The monoisotopic (exact) mass is 285 g/mol. The molecule has 0 aliphatic rings.